The number of nitrogens with zero attached hydrogens (tertiary/aromatic N) is 2. The highest BCUT2D eigenvalue weighted by molar-refractivity contribution is 9.10. The topological polar surface area (TPSA) is 47.4 Å². The minimum atomic E-state index is 0.0326. The average molecular weight is 323 g/mol. The number of epoxide rings is 1. The van der Waals surface area contributed by atoms with Crippen molar-refractivity contribution in [3.05, 3.63) is 38.9 Å². The van der Waals surface area contributed by atoms with Crippen molar-refractivity contribution in [1.82, 2.24) is 9.55 Å². The lowest BCUT2D eigenvalue weighted by atomic mass is 10.2. The number of benzene rings is 1. The molecule has 100 valence electrons. The molecule has 1 aliphatic rings. The van der Waals surface area contributed by atoms with Gasteiger partial charge in [-0.05, 0) is 24.6 Å². The Bertz CT molecular complexity index is 677. The predicted octanol–water partition coefficient (Wildman–Crippen LogP) is 2.51. The molecule has 2 aromatic rings. The molecule has 1 atom stereocenters. The number of halogens is 1. The first kappa shape index (κ1) is 12.8. The molecule has 1 aliphatic heterocycles. The Morgan fingerprint density at radius 1 is 1.53 bits per heavy atom. The number of ether oxygens (including phenoxy) is 1. The molecule has 0 aliphatic carbocycles. The number of aryl methyl sites for hydroxylation is 1. The molecule has 0 amide bonds. The first-order chi connectivity index (χ1) is 9.19. The van der Waals surface area contributed by atoms with Gasteiger partial charge in [0.2, 0.25) is 0 Å². The molecular formula is C14H15BrN2O2. The molecule has 0 bridgehead atoms. The van der Waals surface area contributed by atoms with Gasteiger partial charge in [-0.25, -0.2) is 4.98 Å². The molecule has 0 saturated carbocycles. The van der Waals surface area contributed by atoms with Crippen molar-refractivity contribution in [2.24, 2.45) is 0 Å². The Morgan fingerprint density at radius 3 is 3.00 bits per heavy atom. The molecule has 3 rings (SSSR count). The monoisotopic (exact) mass is 322 g/mol. The number of hydrogen-bond acceptors (Lipinski definition) is 3. The van der Waals surface area contributed by atoms with E-state index in [1.54, 1.807) is 4.57 Å². The zero-order valence-electron chi connectivity index (χ0n) is 10.7. The number of aromatic nitrogens is 2. The van der Waals surface area contributed by atoms with Crippen LogP contribution < -0.4 is 5.56 Å². The van der Waals surface area contributed by atoms with Crippen molar-refractivity contribution in [3.63, 3.8) is 0 Å². The molecule has 0 N–H and O–H groups in total. The van der Waals surface area contributed by atoms with E-state index in [1.807, 2.05) is 18.2 Å². The van der Waals surface area contributed by atoms with E-state index in [-0.39, 0.29) is 11.7 Å². The van der Waals surface area contributed by atoms with Gasteiger partial charge in [-0.3, -0.25) is 9.36 Å². The van der Waals surface area contributed by atoms with Crippen LogP contribution >= 0.6 is 15.9 Å². The van der Waals surface area contributed by atoms with Crippen molar-refractivity contribution >= 4 is 26.8 Å². The van der Waals surface area contributed by atoms with Gasteiger partial charge in [-0.1, -0.05) is 22.9 Å². The van der Waals surface area contributed by atoms with Gasteiger partial charge < -0.3 is 4.74 Å². The lowest BCUT2D eigenvalue weighted by Gasteiger charge is -2.12. The fraction of sp³-hybridized carbons (Fsp3) is 0.429. The Labute approximate surface area is 119 Å². The maximum absolute atomic E-state index is 12.6. The predicted molar refractivity (Wildman–Crippen MR) is 77.4 cm³/mol. The van der Waals surface area contributed by atoms with Crippen LogP contribution in [0.2, 0.25) is 0 Å². The van der Waals surface area contributed by atoms with Gasteiger partial charge >= 0.3 is 0 Å². The highest BCUT2D eigenvalue weighted by Crippen LogP contribution is 2.18. The van der Waals surface area contributed by atoms with Crippen LogP contribution in [0.3, 0.4) is 0 Å². The molecular weight excluding hydrogens is 308 g/mol. The standard InChI is InChI=1S/C14H15BrN2O2/c1-2-3-13-16-12-5-4-9(15)6-11(12)14(18)17(13)7-10-8-19-10/h4-6,10H,2-3,7-8H2,1H3. The first-order valence-electron chi connectivity index (χ1n) is 6.49. The van der Waals surface area contributed by atoms with Crippen molar-refractivity contribution in [1.29, 1.82) is 0 Å². The SMILES string of the molecule is CCCc1nc2ccc(Br)cc2c(=O)n1CC1CO1. The number of rotatable bonds is 4. The van der Waals surface area contributed by atoms with Gasteiger partial charge in [-0.2, -0.15) is 0 Å². The zero-order chi connectivity index (χ0) is 13.4. The molecule has 1 unspecified atom stereocenters. The normalized spacial score (nSPS) is 17.9. The summed E-state index contributed by atoms with van der Waals surface area (Å²) in [5, 5.41) is 0.662. The highest BCUT2D eigenvalue weighted by Gasteiger charge is 2.25. The molecule has 0 radical (unpaired) electrons. The van der Waals surface area contributed by atoms with Gasteiger partial charge in [-0.15, -0.1) is 0 Å². The first-order valence-corrected chi connectivity index (χ1v) is 7.29. The van der Waals surface area contributed by atoms with Crippen molar-refractivity contribution in [2.75, 3.05) is 6.61 Å². The number of fused-ring (bicyclic) bond motifs is 1. The van der Waals surface area contributed by atoms with E-state index in [0.29, 0.717) is 11.9 Å². The Kier molecular flexibility index (Phi) is 3.41. The van der Waals surface area contributed by atoms with Crippen LogP contribution in [0.25, 0.3) is 10.9 Å². The summed E-state index contributed by atoms with van der Waals surface area (Å²) >= 11 is 3.40. The van der Waals surface area contributed by atoms with Crippen LogP contribution in [-0.2, 0) is 17.7 Å². The van der Waals surface area contributed by atoms with Crippen LogP contribution in [0.1, 0.15) is 19.2 Å². The molecule has 2 heterocycles. The second kappa shape index (κ2) is 5.06. The van der Waals surface area contributed by atoms with Gasteiger partial charge in [0.05, 0.1) is 30.2 Å². The molecule has 5 heteroatoms. The fourth-order valence-electron chi connectivity index (χ4n) is 2.22. The van der Waals surface area contributed by atoms with Crippen LogP contribution in [0.5, 0.6) is 0 Å². The molecule has 0 spiro atoms. The highest BCUT2D eigenvalue weighted by atomic mass is 79.9. The van der Waals surface area contributed by atoms with E-state index in [1.165, 1.54) is 0 Å². The van der Waals surface area contributed by atoms with E-state index in [9.17, 15) is 4.79 Å². The van der Waals surface area contributed by atoms with Gasteiger partial charge in [0.1, 0.15) is 5.82 Å². The summed E-state index contributed by atoms with van der Waals surface area (Å²) in [6, 6.07) is 5.64. The Balaban J connectivity index is 2.20. The third-order valence-corrected chi connectivity index (χ3v) is 3.75. The van der Waals surface area contributed by atoms with Crippen LogP contribution in [-0.4, -0.2) is 22.3 Å². The quantitative estimate of drug-likeness (QED) is 0.812. The molecule has 1 aromatic carbocycles. The van der Waals surface area contributed by atoms with E-state index >= 15 is 0 Å². The third kappa shape index (κ3) is 2.58. The second-order valence-electron chi connectivity index (χ2n) is 4.81. The molecule has 1 fully saturated rings. The maximum atomic E-state index is 12.6. The van der Waals surface area contributed by atoms with Gasteiger partial charge in [0.25, 0.3) is 5.56 Å². The summed E-state index contributed by atoms with van der Waals surface area (Å²) in [7, 11) is 0. The lowest BCUT2D eigenvalue weighted by Crippen LogP contribution is -2.27. The summed E-state index contributed by atoms with van der Waals surface area (Å²) < 4.78 is 7.91. The molecule has 1 saturated heterocycles. The lowest BCUT2D eigenvalue weighted by molar-refractivity contribution is 0.376. The van der Waals surface area contributed by atoms with Crippen LogP contribution in [0, 0.1) is 0 Å². The summed E-state index contributed by atoms with van der Waals surface area (Å²) in [5.74, 6) is 0.859. The molecule has 4 nitrogen and oxygen atoms in total. The van der Waals surface area contributed by atoms with E-state index in [0.717, 1.165) is 35.3 Å². The maximum Gasteiger partial charge on any atom is 0.261 e. The molecule has 1 aromatic heterocycles. The minimum Gasteiger partial charge on any atom is -0.371 e. The number of hydrogen-bond donors (Lipinski definition) is 0. The van der Waals surface area contributed by atoms with E-state index in [4.69, 9.17) is 4.74 Å². The summed E-state index contributed by atoms with van der Waals surface area (Å²) in [5.41, 5.74) is 0.801. The Hall–Kier alpha value is -1.20. The van der Waals surface area contributed by atoms with Gasteiger partial charge in [0.15, 0.2) is 0 Å². The third-order valence-electron chi connectivity index (χ3n) is 3.26. The fourth-order valence-corrected chi connectivity index (χ4v) is 2.58. The Morgan fingerprint density at radius 2 is 2.32 bits per heavy atom. The summed E-state index contributed by atoms with van der Waals surface area (Å²) in [4.78, 5) is 17.2. The smallest absolute Gasteiger partial charge is 0.261 e. The summed E-state index contributed by atoms with van der Waals surface area (Å²) in [6.07, 6.45) is 1.97. The van der Waals surface area contributed by atoms with Crippen LogP contribution in [0.4, 0.5) is 0 Å². The van der Waals surface area contributed by atoms with E-state index in [2.05, 4.69) is 27.8 Å². The van der Waals surface area contributed by atoms with Crippen molar-refractivity contribution in [3.8, 4) is 0 Å². The average Bonchev–Trinajstić information content (AvgIpc) is 3.19. The van der Waals surface area contributed by atoms with Crippen LogP contribution in [0.15, 0.2) is 27.5 Å². The second-order valence-corrected chi connectivity index (χ2v) is 5.73. The molecule has 19 heavy (non-hydrogen) atoms. The van der Waals surface area contributed by atoms with Gasteiger partial charge in [0, 0.05) is 10.9 Å². The van der Waals surface area contributed by atoms with E-state index < -0.39 is 0 Å². The zero-order valence-corrected chi connectivity index (χ0v) is 12.3. The largest absolute Gasteiger partial charge is 0.371 e. The minimum absolute atomic E-state index is 0.0326. The van der Waals surface area contributed by atoms with Crippen molar-refractivity contribution < 1.29 is 4.74 Å². The van der Waals surface area contributed by atoms with Crippen molar-refractivity contribution in [2.45, 2.75) is 32.4 Å². The summed E-state index contributed by atoms with van der Waals surface area (Å²) in [6.45, 7) is 3.45.